The molecule has 2 saturated carbocycles. The number of likely N-dealkylation sites (tertiary alicyclic amines) is 2. The van der Waals surface area contributed by atoms with E-state index in [0.717, 1.165) is 84.4 Å². The van der Waals surface area contributed by atoms with Gasteiger partial charge in [-0.3, -0.25) is 19.4 Å². The topological polar surface area (TPSA) is 148 Å². The molecule has 2 aliphatic heterocycles. The van der Waals surface area contributed by atoms with Gasteiger partial charge in [0.25, 0.3) is 11.8 Å². The molecule has 4 aromatic carbocycles. The zero-order valence-corrected chi connectivity index (χ0v) is 43.5. The van der Waals surface area contributed by atoms with Gasteiger partial charge in [-0.05, 0) is 157 Å². The van der Waals surface area contributed by atoms with Crippen LogP contribution in [0.4, 0.5) is 0 Å². The second-order valence-electron chi connectivity index (χ2n) is 21.1. The van der Waals surface area contributed by atoms with Crippen LogP contribution in [0.15, 0.2) is 94.0 Å². The summed E-state index contributed by atoms with van der Waals surface area (Å²) < 4.78 is 16.4. The number of aliphatic carboxylic acids is 1. The molecule has 4 fully saturated rings. The van der Waals surface area contributed by atoms with Crippen LogP contribution in [0, 0.1) is 10.8 Å². The minimum absolute atomic E-state index is 0.0686. The highest BCUT2D eigenvalue weighted by molar-refractivity contribution is 6.32. The van der Waals surface area contributed by atoms with Gasteiger partial charge in [-0.2, -0.15) is 9.97 Å². The lowest BCUT2D eigenvalue weighted by atomic mass is 9.80. The predicted molar refractivity (Wildman–Crippen MR) is 282 cm³/mol. The van der Waals surface area contributed by atoms with Gasteiger partial charge in [-0.1, -0.05) is 133 Å². The summed E-state index contributed by atoms with van der Waals surface area (Å²) in [5.41, 5.74) is 7.39. The number of esters is 1. The van der Waals surface area contributed by atoms with Gasteiger partial charge < -0.3 is 18.9 Å². The van der Waals surface area contributed by atoms with Crippen LogP contribution in [0.5, 0.6) is 0 Å². The van der Waals surface area contributed by atoms with Gasteiger partial charge >= 0.3 is 11.9 Å². The number of aromatic nitrogens is 4. The lowest BCUT2D eigenvalue weighted by Gasteiger charge is -2.37. The van der Waals surface area contributed by atoms with Crippen LogP contribution in [-0.2, 0) is 27.4 Å². The average molecular weight is 1020 g/mol. The third-order valence-corrected chi connectivity index (χ3v) is 16.5. The van der Waals surface area contributed by atoms with Gasteiger partial charge in [0.1, 0.15) is 0 Å². The minimum atomic E-state index is -0.691. The number of halogens is 2. The molecule has 2 saturated heterocycles. The molecule has 6 aromatic rings. The normalized spacial score (nSPS) is 18.8. The number of ether oxygens (including phenoxy) is 1. The SMILES string of the molecule is CC1(C(=O)O)CCN(Cc2ccc(-c3noc(-c4ccc(C5CCCCC5)c(Cl)c4)n3)cc2)CC1.CCOC(=O)C1(C)CCN(Cc2ccc(-c3noc(-c4ccc(C5CCCCC5)c(Cl)c4)n3)cc2)CC1. The van der Waals surface area contributed by atoms with E-state index in [1.165, 1.54) is 86.5 Å². The van der Waals surface area contributed by atoms with E-state index in [-0.39, 0.29) is 11.4 Å². The van der Waals surface area contributed by atoms with Crippen LogP contribution in [0.1, 0.15) is 145 Å². The average Bonchev–Trinajstić information content (AvgIpc) is 4.11. The van der Waals surface area contributed by atoms with E-state index in [1.807, 2.05) is 69.3 Å². The third-order valence-electron chi connectivity index (χ3n) is 15.9. The fourth-order valence-electron chi connectivity index (χ4n) is 10.9. The van der Waals surface area contributed by atoms with Crippen molar-refractivity contribution in [2.24, 2.45) is 10.8 Å². The fraction of sp³-hybridized carbons (Fsp3) is 0.483. The van der Waals surface area contributed by atoms with E-state index < -0.39 is 11.4 Å². The van der Waals surface area contributed by atoms with Crippen LogP contribution in [0.2, 0.25) is 10.0 Å². The first-order valence-electron chi connectivity index (χ1n) is 26.2. The van der Waals surface area contributed by atoms with Crippen molar-refractivity contribution < 1.29 is 28.5 Å². The maximum absolute atomic E-state index is 12.3. The first-order chi connectivity index (χ1) is 34.9. The highest BCUT2D eigenvalue weighted by Gasteiger charge is 2.39. The zero-order valence-electron chi connectivity index (χ0n) is 42.0. The van der Waals surface area contributed by atoms with Gasteiger partial charge in [0.2, 0.25) is 11.6 Å². The number of hydrogen-bond donors (Lipinski definition) is 1. The molecule has 10 rings (SSSR count). The molecule has 12 nitrogen and oxygen atoms in total. The molecule has 0 atom stereocenters. The molecule has 2 aromatic heterocycles. The number of rotatable bonds is 13. The summed E-state index contributed by atoms with van der Waals surface area (Å²) >= 11 is 13.3. The summed E-state index contributed by atoms with van der Waals surface area (Å²) in [4.78, 5) is 37.7. The summed E-state index contributed by atoms with van der Waals surface area (Å²) in [6, 6.07) is 28.7. The van der Waals surface area contributed by atoms with Crippen molar-refractivity contribution in [2.45, 2.75) is 136 Å². The third kappa shape index (κ3) is 12.3. The largest absolute Gasteiger partial charge is 0.481 e. The first-order valence-corrected chi connectivity index (χ1v) is 26.9. The van der Waals surface area contributed by atoms with E-state index in [2.05, 4.69) is 66.5 Å². The summed E-state index contributed by atoms with van der Waals surface area (Å²) in [6.45, 7) is 11.2. The molecular weight excluding hydrogens is 948 g/mol. The van der Waals surface area contributed by atoms with E-state index in [4.69, 9.17) is 37.0 Å². The van der Waals surface area contributed by atoms with Crippen LogP contribution >= 0.6 is 23.2 Å². The standard InChI is InChI=1S/C30H36ClN3O3.C28H32ClN3O3/c1-3-36-29(35)30(2)15-17-34(18-16-30)20-21-9-11-23(12-10-21)27-32-28(37-33-27)24-13-14-25(26(31)19-24)22-7-5-4-6-8-22;1-28(27(33)34)13-15-32(16-14-28)18-19-7-9-21(10-8-19)25-30-26(35-31-25)22-11-12-23(24(29)17-22)20-5-3-2-4-6-20/h9-14,19,22H,3-8,15-18,20H2,1-2H3;7-12,17,20H,2-6,13-16,18H2,1H3,(H,33,34). The van der Waals surface area contributed by atoms with Gasteiger partial charge in [0.05, 0.1) is 17.4 Å². The van der Waals surface area contributed by atoms with Crippen molar-refractivity contribution in [1.82, 2.24) is 30.1 Å². The van der Waals surface area contributed by atoms with Crippen LogP contribution < -0.4 is 0 Å². The molecular formula is C58H68Cl2N6O6. The van der Waals surface area contributed by atoms with Crippen molar-refractivity contribution in [3.63, 3.8) is 0 Å². The van der Waals surface area contributed by atoms with E-state index in [1.54, 1.807) is 0 Å². The first kappa shape index (κ1) is 51.5. The van der Waals surface area contributed by atoms with Crippen molar-refractivity contribution in [1.29, 1.82) is 0 Å². The number of carbonyl (C=O) groups excluding carboxylic acids is 1. The van der Waals surface area contributed by atoms with Crippen molar-refractivity contribution in [3.8, 4) is 45.7 Å². The van der Waals surface area contributed by atoms with Crippen LogP contribution in [0.25, 0.3) is 45.7 Å². The smallest absolute Gasteiger partial charge is 0.311 e. The zero-order chi connectivity index (χ0) is 50.2. The number of carboxylic acids is 1. The fourth-order valence-corrected chi connectivity index (χ4v) is 11.6. The predicted octanol–water partition coefficient (Wildman–Crippen LogP) is 14.1. The number of piperidine rings is 2. The summed E-state index contributed by atoms with van der Waals surface area (Å²) in [6.07, 6.45) is 15.6. The molecule has 0 unspecified atom stereocenters. The number of carbonyl (C=O) groups is 2. The summed E-state index contributed by atoms with van der Waals surface area (Å²) in [5, 5.41) is 19.4. The Kier molecular flexibility index (Phi) is 16.6. The molecule has 0 spiro atoms. The Morgan fingerprint density at radius 2 is 0.986 bits per heavy atom. The van der Waals surface area contributed by atoms with Crippen molar-refractivity contribution in [3.05, 3.63) is 117 Å². The quantitative estimate of drug-likeness (QED) is 0.110. The van der Waals surface area contributed by atoms with Crippen LogP contribution in [-0.4, -0.2) is 79.9 Å². The Bertz CT molecular complexity index is 2760. The maximum atomic E-state index is 12.3. The molecule has 0 radical (unpaired) electrons. The Balaban J connectivity index is 0.000000178. The molecule has 14 heteroatoms. The summed E-state index contributed by atoms with van der Waals surface area (Å²) in [5.74, 6) is 2.41. The van der Waals surface area contributed by atoms with Gasteiger partial charge in [0, 0.05) is 45.4 Å². The summed E-state index contributed by atoms with van der Waals surface area (Å²) in [7, 11) is 0. The molecule has 4 heterocycles. The van der Waals surface area contributed by atoms with E-state index in [9.17, 15) is 14.7 Å². The Morgan fingerprint density at radius 3 is 1.36 bits per heavy atom. The Labute approximate surface area is 433 Å². The highest BCUT2D eigenvalue weighted by atomic mass is 35.5. The lowest BCUT2D eigenvalue weighted by molar-refractivity contribution is -0.157. The number of hydrogen-bond acceptors (Lipinski definition) is 11. The second-order valence-corrected chi connectivity index (χ2v) is 21.9. The maximum Gasteiger partial charge on any atom is 0.311 e. The lowest BCUT2D eigenvalue weighted by Crippen LogP contribution is -2.43. The van der Waals surface area contributed by atoms with E-state index in [0.29, 0.717) is 54.7 Å². The molecule has 0 bridgehead atoms. The minimum Gasteiger partial charge on any atom is -0.481 e. The number of benzene rings is 4. The molecule has 1 N–H and O–H groups in total. The number of nitrogens with zero attached hydrogens (tertiary/aromatic N) is 6. The Morgan fingerprint density at radius 1 is 0.597 bits per heavy atom. The van der Waals surface area contributed by atoms with E-state index >= 15 is 0 Å². The van der Waals surface area contributed by atoms with Gasteiger partial charge in [-0.15, -0.1) is 0 Å². The molecule has 72 heavy (non-hydrogen) atoms. The van der Waals surface area contributed by atoms with Gasteiger partial charge in [-0.25, -0.2) is 0 Å². The molecule has 2 aliphatic carbocycles. The van der Waals surface area contributed by atoms with Crippen molar-refractivity contribution in [2.75, 3.05) is 32.8 Å². The van der Waals surface area contributed by atoms with Crippen molar-refractivity contribution >= 4 is 35.1 Å². The molecule has 380 valence electrons. The monoisotopic (exact) mass is 1010 g/mol. The highest BCUT2D eigenvalue weighted by Crippen LogP contribution is 2.40. The Hall–Kier alpha value is -5.40. The molecule has 4 aliphatic rings. The van der Waals surface area contributed by atoms with Crippen LogP contribution in [0.3, 0.4) is 0 Å². The number of carboxylic acid groups (broad SMARTS) is 1. The van der Waals surface area contributed by atoms with Gasteiger partial charge in [0.15, 0.2) is 0 Å². The second kappa shape index (κ2) is 23.2. The molecule has 0 amide bonds.